The van der Waals surface area contributed by atoms with E-state index in [0.717, 1.165) is 43.8 Å². The van der Waals surface area contributed by atoms with Gasteiger partial charge in [0.05, 0.1) is 13.7 Å². The topological polar surface area (TPSA) is 90.6 Å². The highest BCUT2D eigenvalue weighted by Gasteiger charge is 2.29. The van der Waals surface area contributed by atoms with Gasteiger partial charge < -0.3 is 14.4 Å². The first-order valence-corrected chi connectivity index (χ1v) is 9.27. The van der Waals surface area contributed by atoms with Crippen molar-refractivity contribution in [3.05, 3.63) is 30.2 Å². The molecule has 140 valence electrons. The lowest BCUT2D eigenvalue weighted by molar-refractivity contribution is 0.248. The van der Waals surface area contributed by atoms with Crippen molar-refractivity contribution in [3.8, 4) is 11.8 Å². The van der Waals surface area contributed by atoms with Crippen molar-refractivity contribution in [2.24, 2.45) is 5.92 Å². The van der Waals surface area contributed by atoms with Gasteiger partial charge in [0.1, 0.15) is 0 Å². The summed E-state index contributed by atoms with van der Waals surface area (Å²) >= 11 is 0. The van der Waals surface area contributed by atoms with Gasteiger partial charge in [-0.25, -0.2) is 4.98 Å². The summed E-state index contributed by atoms with van der Waals surface area (Å²) < 4.78 is 13.0. The summed E-state index contributed by atoms with van der Waals surface area (Å²) in [5.41, 5.74) is 0.770. The monoisotopic (exact) mass is 367 g/mol. The molecule has 0 bridgehead atoms. The molecule has 1 saturated carbocycles. The molecule has 9 nitrogen and oxygen atoms in total. The first-order chi connectivity index (χ1) is 13.3. The third kappa shape index (κ3) is 3.24. The molecule has 3 aromatic rings. The van der Waals surface area contributed by atoms with E-state index in [1.807, 2.05) is 16.6 Å². The Hall–Kier alpha value is -2.97. The molecule has 27 heavy (non-hydrogen) atoms. The number of methoxy groups -OCH3 is 1. The Morgan fingerprint density at radius 2 is 2.04 bits per heavy atom. The predicted molar refractivity (Wildman–Crippen MR) is 97.2 cm³/mol. The second-order valence-electron chi connectivity index (χ2n) is 7.08. The van der Waals surface area contributed by atoms with Gasteiger partial charge in [0.2, 0.25) is 17.7 Å². The van der Waals surface area contributed by atoms with Crippen molar-refractivity contribution in [2.45, 2.75) is 25.2 Å². The fraction of sp³-hybridized carbons (Fsp3) is 0.500. The van der Waals surface area contributed by atoms with Crippen LogP contribution in [0, 0.1) is 5.92 Å². The van der Waals surface area contributed by atoms with Crippen LogP contribution in [-0.2, 0) is 0 Å². The number of anilines is 1. The van der Waals surface area contributed by atoms with Crippen molar-refractivity contribution < 1.29 is 9.47 Å². The molecule has 1 atom stereocenters. The lowest BCUT2D eigenvalue weighted by atomic mass is 10.1. The molecule has 1 unspecified atom stereocenters. The maximum absolute atomic E-state index is 5.97. The van der Waals surface area contributed by atoms with Gasteiger partial charge in [-0.1, -0.05) is 0 Å². The van der Waals surface area contributed by atoms with Crippen LogP contribution >= 0.6 is 0 Å². The number of fused-ring (bicyclic) bond motifs is 1. The summed E-state index contributed by atoms with van der Waals surface area (Å²) in [6.45, 7) is 2.38. The van der Waals surface area contributed by atoms with Crippen LogP contribution in [-0.4, -0.2) is 56.6 Å². The van der Waals surface area contributed by atoms with Crippen molar-refractivity contribution in [3.63, 3.8) is 0 Å². The molecule has 0 N–H and O–H groups in total. The van der Waals surface area contributed by atoms with E-state index in [-0.39, 0.29) is 0 Å². The van der Waals surface area contributed by atoms with Crippen LogP contribution in [0.25, 0.3) is 5.65 Å². The first kappa shape index (κ1) is 16.2. The van der Waals surface area contributed by atoms with E-state index in [9.17, 15) is 0 Å². The second kappa shape index (κ2) is 6.64. The van der Waals surface area contributed by atoms with E-state index >= 15 is 0 Å². The van der Waals surface area contributed by atoms with Gasteiger partial charge in [0.25, 0.3) is 0 Å². The highest BCUT2D eigenvalue weighted by atomic mass is 16.5. The van der Waals surface area contributed by atoms with Gasteiger partial charge in [-0.15, -0.1) is 15.3 Å². The maximum Gasteiger partial charge on any atom is 0.231 e. The van der Waals surface area contributed by atoms with Gasteiger partial charge >= 0.3 is 0 Å². The molecular weight excluding hydrogens is 346 g/mol. The van der Waals surface area contributed by atoms with Crippen molar-refractivity contribution in [2.75, 3.05) is 31.7 Å². The fourth-order valence-electron chi connectivity index (χ4n) is 3.41. The molecule has 4 heterocycles. The highest BCUT2D eigenvalue weighted by Crippen LogP contribution is 2.38. The number of rotatable bonds is 6. The minimum Gasteiger partial charge on any atom is -0.481 e. The Morgan fingerprint density at radius 3 is 2.89 bits per heavy atom. The average Bonchev–Trinajstić information content (AvgIpc) is 3.29. The fourth-order valence-corrected chi connectivity index (χ4v) is 3.41. The molecule has 0 amide bonds. The van der Waals surface area contributed by atoms with E-state index < -0.39 is 0 Å². The van der Waals surface area contributed by atoms with Crippen LogP contribution in [0.2, 0.25) is 0 Å². The standard InChI is InChI=1S/C18H21N7O2/c1-26-15-6-8-19-18(20-15)24-9-7-12(10-24)11-27-16-5-4-14-21-22-17(13-2-3-13)25(14)23-16/h4-6,8,12-13H,2-3,7,9-11H2,1H3. The number of hydrogen-bond donors (Lipinski definition) is 0. The van der Waals surface area contributed by atoms with Crippen LogP contribution < -0.4 is 14.4 Å². The van der Waals surface area contributed by atoms with E-state index in [2.05, 4.69) is 30.2 Å². The zero-order valence-corrected chi connectivity index (χ0v) is 15.2. The first-order valence-electron chi connectivity index (χ1n) is 9.27. The second-order valence-corrected chi connectivity index (χ2v) is 7.08. The van der Waals surface area contributed by atoms with Crippen LogP contribution in [0.3, 0.4) is 0 Å². The molecule has 0 spiro atoms. The van der Waals surface area contributed by atoms with E-state index in [1.165, 1.54) is 0 Å². The van der Waals surface area contributed by atoms with Crippen molar-refractivity contribution in [1.29, 1.82) is 0 Å². The summed E-state index contributed by atoms with van der Waals surface area (Å²) in [5, 5.41) is 13.0. The third-order valence-electron chi connectivity index (χ3n) is 5.07. The van der Waals surface area contributed by atoms with Gasteiger partial charge in [-0.2, -0.15) is 9.50 Å². The lowest BCUT2D eigenvalue weighted by Gasteiger charge is -2.16. The third-order valence-corrected chi connectivity index (χ3v) is 5.07. The minimum atomic E-state index is 0.404. The molecular formula is C18H21N7O2. The molecule has 0 radical (unpaired) electrons. The molecule has 3 aromatic heterocycles. The molecule has 9 heteroatoms. The van der Waals surface area contributed by atoms with Crippen molar-refractivity contribution >= 4 is 11.6 Å². The van der Waals surface area contributed by atoms with E-state index in [1.54, 1.807) is 19.4 Å². The van der Waals surface area contributed by atoms with Gasteiger partial charge in [0.15, 0.2) is 11.5 Å². The molecule has 2 fully saturated rings. The molecule has 1 aliphatic carbocycles. The van der Waals surface area contributed by atoms with Gasteiger partial charge in [0, 0.05) is 43.3 Å². The van der Waals surface area contributed by atoms with Crippen molar-refractivity contribution in [1.82, 2.24) is 29.8 Å². The average molecular weight is 367 g/mol. The molecule has 0 aromatic carbocycles. The number of hydrogen-bond acceptors (Lipinski definition) is 8. The largest absolute Gasteiger partial charge is 0.481 e. The summed E-state index contributed by atoms with van der Waals surface area (Å²) in [4.78, 5) is 10.9. The Morgan fingerprint density at radius 1 is 1.11 bits per heavy atom. The van der Waals surface area contributed by atoms with E-state index in [4.69, 9.17) is 9.47 Å². The zero-order chi connectivity index (χ0) is 18.2. The summed E-state index contributed by atoms with van der Waals surface area (Å²) in [5.74, 6) is 3.74. The molecule has 2 aliphatic rings. The summed E-state index contributed by atoms with van der Waals surface area (Å²) in [7, 11) is 1.61. The van der Waals surface area contributed by atoms with Crippen LogP contribution in [0.15, 0.2) is 24.4 Å². The Balaban J connectivity index is 1.23. The quantitative estimate of drug-likeness (QED) is 0.650. The highest BCUT2D eigenvalue weighted by molar-refractivity contribution is 5.38. The Labute approximate surface area is 156 Å². The zero-order valence-electron chi connectivity index (χ0n) is 15.2. The predicted octanol–water partition coefficient (Wildman–Crippen LogP) is 1.71. The summed E-state index contributed by atoms with van der Waals surface area (Å²) in [6, 6.07) is 5.52. The molecule has 1 aliphatic heterocycles. The molecule has 1 saturated heterocycles. The molecule has 5 rings (SSSR count). The SMILES string of the molecule is COc1ccnc(N2CCC(COc3ccc4nnc(C5CC5)n4n3)C2)n1. The smallest absolute Gasteiger partial charge is 0.231 e. The number of aromatic nitrogens is 6. The Bertz CT molecular complexity index is 956. The van der Waals surface area contributed by atoms with Crippen LogP contribution in [0.5, 0.6) is 11.8 Å². The van der Waals surface area contributed by atoms with E-state index in [0.29, 0.717) is 36.2 Å². The van der Waals surface area contributed by atoms with Gasteiger partial charge in [-0.3, -0.25) is 0 Å². The van der Waals surface area contributed by atoms with Crippen LogP contribution in [0.4, 0.5) is 5.95 Å². The van der Waals surface area contributed by atoms with Gasteiger partial charge in [-0.05, 0) is 25.3 Å². The van der Waals surface area contributed by atoms with Crippen LogP contribution in [0.1, 0.15) is 31.0 Å². The number of nitrogens with zero attached hydrogens (tertiary/aromatic N) is 7. The summed E-state index contributed by atoms with van der Waals surface area (Å²) in [6.07, 6.45) is 5.08. The lowest BCUT2D eigenvalue weighted by Crippen LogP contribution is -2.24. The normalized spacial score (nSPS) is 19.6. The minimum absolute atomic E-state index is 0.404. The number of ether oxygens (including phenoxy) is 2. The maximum atomic E-state index is 5.97. The Kier molecular flexibility index (Phi) is 3.99.